The zero-order valence-electron chi connectivity index (χ0n) is 29.2. The smallest absolute Gasteiger partial charge is 0.383 e. The van der Waals surface area contributed by atoms with Gasteiger partial charge in [-0.3, -0.25) is 9.59 Å². The number of aromatic nitrogens is 1. The summed E-state index contributed by atoms with van der Waals surface area (Å²) in [6, 6.07) is 26.4. The van der Waals surface area contributed by atoms with E-state index >= 15 is 0 Å². The predicted octanol–water partition coefficient (Wildman–Crippen LogP) is 8.57. The van der Waals surface area contributed by atoms with E-state index in [4.69, 9.17) is 4.74 Å². The van der Waals surface area contributed by atoms with Crippen LogP contribution in [0.4, 0.5) is 17.6 Å². The zero-order chi connectivity index (χ0) is 36.8. The number of methoxy groups -OCH3 is 1. The van der Waals surface area contributed by atoms with Crippen LogP contribution in [0.1, 0.15) is 35.1 Å². The van der Waals surface area contributed by atoms with Gasteiger partial charge in [-0.1, -0.05) is 60.7 Å². The molecule has 6 nitrogen and oxygen atoms in total. The Morgan fingerprint density at radius 3 is 2.27 bits per heavy atom. The average Bonchev–Trinajstić information content (AvgIpc) is 3.15. The standard InChI is InChI=1S/C41H41F4N3O3S/c1-28-32(6-5-8-36(28)42)27-52-40-24-38(49)35-7-3-4-9-37(35)48(40)26-39(50)47(34-18-20-46(21-19-34)22-23-51-2)25-29-10-12-30(13-11-29)31-14-16-33(17-15-31)41(43,44)45/h3-17,24,34H,18-23,25-27H2,1-2H3. The molecule has 1 amide bonds. The molecule has 0 radical (unpaired) electrons. The van der Waals surface area contributed by atoms with Gasteiger partial charge in [-0.2, -0.15) is 13.2 Å². The minimum absolute atomic E-state index is 0.00120. The summed E-state index contributed by atoms with van der Waals surface area (Å²) in [5.41, 5.74) is 3.50. The van der Waals surface area contributed by atoms with Gasteiger partial charge in [-0.25, -0.2) is 4.39 Å². The van der Waals surface area contributed by atoms with E-state index in [9.17, 15) is 27.2 Å². The van der Waals surface area contributed by atoms with Gasteiger partial charge in [0.25, 0.3) is 0 Å². The van der Waals surface area contributed by atoms with Crippen LogP contribution in [0, 0.1) is 12.7 Å². The summed E-state index contributed by atoms with van der Waals surface area (Å²) < 4.78 is 60.9. The third-order valence-electron chi connectivity index (χ3n) is 9.81. The lowest BCUT2D eigenvalue weighted by Gasteiger charge is -2.39. The molecule has 0 spiro atoms. The summed E-state index contributed by atoms with van der Waals surface area (Å²) in [7, 11) is 1.68. The van der Waals surface area contributed by atoms with Gasteiger partial charge >= 0.3 is 6.18 Å². The van der Waals surface area contributed by atoms with Crippen molar-refractivity contribution in [2.75, 3.05) is 33.4 Å². The van der Waals surface area contributed by atoms with Crippen LogP contribution in [-0.4, -0.2) is 59.7 Å². The van der Waals surface area contributed by atoms with Crippen LogP contribution in [0.5, 0.6) is 0 Å². The van der Waals surface area contributed by atoms with Crippen LogP contribution >= 0.6 is 11.8 Å². The summed E-state index contributed by atoms with van der Waals surface area (Å²) in [6.45, 7) is 5.16. The maximum atomic E-state index is 14.6. The number of carbonyl (C=O) groups is 1. The number of hydrogen-bond donors (Lipinski definition) is 0. The predicted molar refractivity (Wildman–Crippen MR) is 198 cm³/mol. The number of piperidine rings is 1. The van der Waals surface area contributed by atoms with Crippen molar-refractivity contribution in [1.29, 1.82) is 0 Å². The fourth-order valence-corrected chi connectivity index (χ4v) is 7.84. The minimum atomic E-state index is -4.40. The van der Waals surface area contributed by atoms with E-state index in [0.717, 1.165) is 61.3 Å². The summed E-state index contributed by atoms with van der Waals surface area (Å²) in [5.74, 6) is 0.0324. The Morgan fingerprint density at radius 2 is 1.60 bits per heavy atom. The van der Waals surface area contributed by atoms with Crippen molar-refractivity contribution in [3.63, 3.8) is 0 Å². The highest BCUT2D eigenvalue weighted by atomic mass is 32.2. The van der Waals surface area contributed by atoms with E-state index in [1.54, 1.807) is 38.3 Å². The van der Waals surface area contributed by atoms with Crippen molar-refractivity contribution in [3.05, 3.63) is 135 Å². The van der Waals surface area contributed by atoms with Crippen LogP contribution in [0.25, 0.3) is 22.0 Å². The Bertz CT molecular complexity index is 2060. The highest BCUT2D eigenvalue weighted by Gasteiger charge is 2.31. The lowest BCUT2D eigenvalue weighted by molar-refractivity contribution is -0.137. The molecule has 272 valence electrons. The van der Waals surface area contributed by atoms with Crippen molar-refractivity contribution < 1.29 is 27.1 Å². The number of pyridine rings is 1. The van der Waals surface area contributed by atoms with Crippen molar-refractivity contribution in [2.45, 2.75) is 55.9 Å². The van der Waals surface area contributed by atoms with E-state index in [2.05, 4.69) is 4.90 Å². The molecule has 6 rings (SSSR count). The molecule has 4 aromatic carbocycles. The number of hydrogen-bond acceptors (Lipinski definition) is 5. The molecule has 52 heavy (non-hydrogen) atoms. The quantitative estimate of drug-likeness (QED) is 0.0952. The number of para-hydroxylation sites is 1. The second kappa shape index (κ2) is 16.5. The fraction of sp³-hybridized carbons (Fsp3) is 0.317. The molecular weight excluding hydrogens is 691 g/mol. The molecule has 0 aliphatic carbocycles. The van der Waals surface area contributed by atoms with Crippen molar-refractivity contribution in [3.8, 4) is 11.1 Å². The zero-order valence-corrected chi connectivity index (χ0v) is 30.0. The maximum absolute atomic E-state index is 14.6. The van der Waals surface area contributed by atoms with Crippen LogP contribution in [0.3, 0.4) is 0 Å². The lowest BCUT2D eigenvalue weighted by atomic mass is 10.00. The summed E-state index contributed by atoms with van der Waals surface area (Å²) in [6.07, 6.45) is -2.84. The first-order valence-corrected chi connectivity index (χ1v) is 18.3. The number of halogens is 4. The monoisotopic (exact) mass is 731 g/mol. The minimum Gasteiger partial charge on any atom is -0.383 e. The fourth-order valence-electron chi connectivity index (χ4n) is 6.72. The normalized spacial score (nSPS) is 14.2. The molecule has 0 atom stereocenters. The highest BCUT2D eigenvalue weighted by Crippen LogP contribution is 2.32. The second-order valence-corrected chi connectivity index (χ2v) is 14.1. The van der Waals surface area contributed by atoms with Crippen molar-refractivity contribution >= 4 is 28.6 Å². The molecule has 11 heteroatoms. The Balaban J connectivity index is 1.28. The van der Waals surface area contributed by atoms with E-state index < -0.39 is 11.7 Å². The molecule has 1 aromatic heterocycles. The van der Waals surface area contributed by atoms with Gasteiger partial charge in [-0.05, 0) is 77.9 Å². The first kappa shape index (κ1) is 37.3. The van der Waals surface area contributed by atoms with Crippen LogP contribution in [-0.2, 0) is 34.6 Å². The summed E-state index contributed by atoms with van der Waals surface area (Å²) >= 11 is 1.40. The molecule has 1 aliphatic rings. The molecule has 0 bridgehead atoms. The molecule has 2 heterocycles. The van der Waals surface area contributed by atoms with E-state index in [1.165, 1.54) is 30.0 Å². The summed E-state index contributed by atoms with van der Waals surface area (Å²) in [4.78, 5) is 32.1. The number of nitrogens with zero attached hydrogens (tertiary/aromatic N) is 3. The van der Waals surface area contributed by atoms with Crippen molar-refractivity contribution in [2.24, 2.45) is 0 Å². The Hall–Kier alpha value is -4.45. The van der Waals surface area contributed by atoms with Gasteiger partial charge in [-0.15, -0.1) is 11.8 Å². The Morgan fingerprint density at radius 1 is 0.923 bits per heavy atom. The van der Waals surface area contributed by atoms with Gasteiger partial charge in [0.15, 0.2) is 5.43 Å². The highest BCUT2D eigenvalue weighted by molar-refractivity contribution is 7.98. The number of carbonyl (C=O) groups excluding carboxylic acids is 1. The third-order valence-corrected chi connectivity index (χ3v) is 10.9. The first-order valence-electron chi connectivity index (χ1n) is 17.3. The molecule has 1 saturated heterocycles. The number of likely N-dealkylation sites (tertiary alicyclic amines) is 1. The molecule has 0 N–H and O–H groups in total. The van der Waals surface area contributed by atoms with E-state index in [-0.39, 0.29) is 29.7 Å². The summed E-state index contributed by atoms with van der Waals surface area (Å²) in [5, 5.41) is 1.13. The molecular formula is C41H41F4N3O3S. The largest absolute Gasteiger partial charge is 0.416 e. The number of benzene rings is 4. The second-order valence-electron chi connectivity index (χ2n) is 13.1. The van der Waals surface area contributed by atoms with E-state index in [0.29, 0.717) is 46.0 Å². The number of ether oxygens (including phenoxy) is 1. The third kappa shape index (κ3) is 8.77. The van der Waals surface area contributed by atoms with Gasteiger partial charge in [0.2, 0.25) is 5.91 Å². The SMILES string of the molecule is COCCN1CCC(N(Cc2ccc(-c3ccc(C(F)(F)F)cc3)cc2)C(=O)Cn2c(SCc3cccc(F)c3C)cc(=O)c3ccccc32)CC1. The first-order chi connectivity index (χ1) is 25.0. The van der Waals surface area contributed by atoms with E-state index in [1.807, 2.05) is 51.9 Å². The number of rotatable bonds is 12. The molecule has 1 aliphatic heterocycles. The number of fused-ring (bicyclic) bond motifs is 1. The Kier molecular flexibility index (Phi) is 11.8. The van der Waals surface area contributed by atoms with Crippen LogP contribution in [0.15, 0.2) is 107 Å². The Labute approximate surface area is 305 Å². The number of amides is 1. The molecule has 5 aromatic rings. The van der Waals surface area contributed by atoms with Gasteiger partial charge in [0.05, 0.1) is 22.7 Å². The number of thioether (sulfide) groups is 1. The lowest BCUT2D eigenvalue weighted by Crippen LogP contribution is -2.48. The topological polar surface area (TPSA) is 54.8 Å². The number of alkyl halides is 3. The van der Waals surface area contributed by atoms with Crippen LogP contribution in [0.2, 0.25) is 0 Å². The van der Waals surface area contributed by atoms with Crippen LogP contribution < -0.4 is 5.43 Å². The van der Waals surface area contributed by atoms with Gasteiger partial charge < -0.3 is 19.1 Å². The van der Waals surface area contributed by atoms with Gasteiger partial charge in [0.1, 0.15) is 12.4 Å². The average molecular weight is 732 g/mol. The molecule has 0 saturated carbocycles. The molecule has 0 unspecified atom stereocenters. The maximum Gasteiger partial charge on any atom is 0.416 e. The van der Waals surface area contributed by atoms with Gasteiger partial charge in [0, 0.05) is 56.5 Å². The van der Waals surface area contributed by atoms with Crippen molar-refractivity contribution in [1.82, 2.24) is 14.4 Å². The molecule has 1 fully saturated rings.